The van der Waals surface area contributed by atoms with Crippen molar-refractivity contribution in [2.75, 3.05) is 0 Å². The molecular formula is C18H17ClFN3O. The van der Waals surface area contributed by atoms with Crippen LogP contribution in [0.1, 0.15) is 18.4 Å². The Morgan fingerprint density at radius 3 is 3.00 bits per heavy atom. The molecule has 6 heteroatoms. The van der Waals surface area contributed by atoms with Gasteiger partial charge in [0.2, 0.25) is 0 Å². The predicted molar refractivity (Wildman–Crippen MR) is 90.9 cm³/mol. The first kappa shape index (κ1) is 15.4. The fraction of sp³-hybridized carbons (Fsp3) is 0.278. The Bertz CT molecular complexity index is 860. The molecule has 0 radical (unpaired) electrons. The van der Waals surface area contributed by atoms with E-state index >= 15 is 0 Å². The number of pyridine rings is 1. The van der Waals surface area contributed by atoms with Crippen LogP contribution in [0.2, 0.25) is 5.02 Å². The van der Waals surface area contributed by atoms with Crippen LogP contribution in [0.4, 0.5) is 4.39 Å². The second-order valence-electron chi connectivity index (χ2n) is 6.06. The van der Waals surface area contributed by atoms with E-state index in [2.05, 4.69) is 16.4 Å². The highest BCUT2D eigenvalue weighted by molar-refractivity contribution is 6.30. The van der Waals surface area contributed by atoms with Crippen LogP contribution in [-0.2, 0) is 6.54 Å². The highest BCUT2D eigenvalue weighted by atomic mass is 35.5. The van der Waals surface area contributed by atoms with Gasteiger partial charge in [-0.1, -0.05) is 17.7 Å². The molecule has 1 fully saturated rings. The van der Waals surface area contributed by atoms with Crippen molar-refractivity contribution in [3.05, 3.63) is 65.3 Å². The van der Waals surface area contributed by atoms with Crippen LogP contribution < -0.4 is 10.1 Å². The third-order valence-corrected chi connectivity index (χ3v) is 4.66. The van der Waals surface area contributed by atoms with Crippen LogP contribution in [0.5, 0.6) is 5.75 Å². The van der Waals surface area contributed by atoms with Crippen LogP contribution in [0.15, 0.2) is 48.9 Å². The molecule has 3 aromatic rings. The molecule has 1 N–H and O–H groups in total. The third-order valence-electron chi connectivity index (χ3n) is 4.37. The Labute approximate surface area is 144 Å². The summed E-state index contributed by atoms with van der Waals surface area (Å²) in [6, 6.07) is 9.00. The lowest BCUT2D eigenvalue weighted by atomic mass is 9.89. The molecule has 1 aliphatic rings. The molecule has 0 bridgehead atoms. The summed E-state index contributed by atoms with van der Waals surface area (Å²) in [5.41, 5.74) is 2.16. The lowest BCUT2D eigenvalue weighted by molar-refractivity contribution is 0.0843. The highest BCUT2D eigenvalue weighted by Gasteiger charge is 2.30. The van der Waals surface area contributed by atoms with Gasteiger partial charge in [0.25, 0.3) is 0 Å². The molecule has 2 aromatic heterocycles. The average Bonchev–Trinajstić information content (AvgIpc) is 3.02. The van der Waals surface area contributed by atoms with E-state index in [-0.39, 0.29) is 11.1 Å². The first-order chi connectivity index (χ1) is 11.7. The van der Waals surface area contributed by atoms with Gasteiger partial charge in [-0.25, -0.2) is 9.37 Å². The van der Waals surface area contributed by atoms with Crippen LogP contribution in [0.25, 0.3) is 5.65 Å². The molecule has 0 atom stereocenters. The van der Waals surface area contributed by atoms with Gasteiger partial charge in [-0.2, -0.15) is 0 Å². The number of hydrogen-bond acceptors (Lipinski definition) is 3. The minimum Gasteiger partial charge on any atom is -0.490 e. The van der Waals surface area contributed by atoms with E-state index in [4.69, 9.17) is 16.3 Å². The van der Waals surface area contributed by atoms with Crippen LogP contribution in [0, 0.1) is 5.82 Å². The molecular weight excluding hydrogens is 329 g/mol. The quantitative estimate of drug-likeness (QED) is 0.764. The molecule has 1 aromatic carbocycles. The molecule has 0 spiro atoms. The maximum Gasteiger partial charge on any atom is 0.142 e. The lowest BCUT2D eigenvalue weighted by Gasteiger charge is -2.36. The number of ether oxygens (including phenoxy) is 1. The number of benzene rings is 1. The van der Waals surface area contributed by atoms with Crippen LogP contribution >= 0.6 is 11.6 Å². The Hall–Kier alpha value is -2.11. The zero-order chi connectivity index (χ0) is 16.5. The Kier molecular flexibility index (Phi) is 4.12. The van der Waals surface area contributed by atoms with Crippen molar-refractivity contribution in [2.24, 2.45) is 0 Å². The molecule has 4 nitrogen and oxygen atoms in total. The third kappa shape index (κ3) is 3.09. The lowest BCUT2D eigenvalue weighted by Crippen LogP contribution is -2.46. The van der Waals surface area contributed by atoms with Crippen LogP contribution in [-0.4, -0.2) is 21.5 Å². The Balaban J connectivity index is 1.29. The van der Waals surface area contributed by atoms with E-state index in [9.17, 15) is 4.39 Å². The van der Waals surface area contributed by atoms with Crippen molar-refractivity contribution >= 4 is 17.2 Å². The summed E-state index contributed by atoms with van der Waals surface area (Å²) in [5, 5.41) is 3.63. The summed E-state index contributed by atoms with van der Waals surface area (Å²) < 4.78 is 21.0. The largest absolute Gasteiger partial charge is 0.490 e. The predicted octanol–water partition coefficient (Wildman–Crippen LogP) is 3.83. The molecule has 4 rings (SSSR count). The summed E-state index contributed by atoms with van der Waals surface area (Å²) >= 11 is 5.77. The molecule has 1 aliphatic carbocycles. The van der Waals surface area contributed by atoms with E-state index < -0.39 is 5.82 Å². The molecule has 0 aliphatic heterocycles. The van der Waals surface area contributed by atoms with E-state index in [1.54, 1.807) is 12.3 Å². The van der Waals surface area contributed by atoms with Gasteiger partial charge in [0.05, 0.1) is 5.02 Å². The number of nitrogens with one attached hydrogen (secondary N) is 1. The monoisotopic (exact) mass is 345 g/mol. The van der Waals surface area contributed by atoms with Crippen LogP contribution in [0.3, 0.4) is 0 Å². The minimum atomic E-state index is -0.426. The van der Waals surface area contributed by atoms with Gasteiger partial charge in [-0.05, 0) is 31.0 Å². The molecule has 1 saturated carbocycles. The van der Waals surface area contributed by atoms with Crippen molar-refractivity contribution in [3.63, 3.8) is 0 Å². The number of hydrogen-bond donors (Lipinski definition) is 1. The summed E-state index contributed by atoms with van der Waals surface area (Å²) in [5.74, 6) is 0.192. The fourth-order valence-corrected chi connectivity index (χ4v) is 3.14. The first-order valence-corrected chi connectivity index (χ1v) is 8.32. The Morgan fingerprint density at radius 2 is 2.17 bits per heavy atom. The second-order valence-corrected chi connectivity index (χ2v) is 6.46. The van der Waals surface area contributed by atoms with Gasteiger partial charge in [0.15, 0.2) is 0 Å². The van der Waals surface area contributed by atoms with Gasteiger partial charge < -0.3 is 14.5 Å². The summed E-state index contributed by atoms with van der Waals surface area (Å²) in [6.45, 7) is 0.779. The standard InChI is InChI=1S/C18H17ClFN3O/c19-16-10-14(3-4-17(16)20)24-15-8-13(9-15)22-11-12-2-1-6-23-7-5-21-18(12)23/h1-7,10,13,15,22H,8-9,11H2. The van der Waals surface area contributed by atoms with Gasteiger partial charge in [-0.3, -0.25) is 0 Å². The number of halogens is 2. The number of rotatable bonds is 5. The fourth-order valence-electron chi connectivity index (χ4n) is 2.97. The van der Waals surface area contributed by atoms with E-state index in [1.807, 2.05) is 22.9 Å². The normalized spacial score (nSPS) is 20.1. The van der Waals surface area contributed by atoms with E-state index in [1.165, 1.54) is 17.7 Å². The summed E-state index contributed by atoms with van der Waals surface area (Å²) in [6.07, 6.45) is 7.73. The van der Waals surface area contributed by atoms with E-state index in [0.717, 1.165) is 25.0 Å². The van der Waals surface area contributed by atoms with Crippen molar-refractivity contribution < 1.29 is 9.13 Å². The maximum atomic E-state index is 13.1. The molecule has 124 valence electrons. The van der Waals surface area contributed by atoms with Gasteiger partial charge in [0, 0.05) is 42.8 Å². The number of aromatic nitrogens is 2. The number of imidazole rings is 1. The SMILES string of the molecule is Fc1ccc(OC2CC(NCc3cccn4ccnc34)C2)cc1Cl. The topological polar surface area (TPSA) is 38.6 Å². The second kappa shape index (κ2) is 6.42. The van der Waals surface area contributed by atoms with Crippen molar-refractivity contribution in [1.29, 1.82) is 0 Å². The van der Waals surface area contributed by atoms with Gasteiger partial charge in [-0.15, -0.1) is 0 Å². The van der Waals surface area contributed by atoms with E-state index in [0.29, 0.717) is 11.8 Å². The number of fused-ring (bicyclic) bond motifs is 1. The Morgan fingerprint density at radius 1 is 1.29 bits per heavy atom. The van der Waals surface area contributed by atoms with Gasteiger partial charge >= 0.3 is 0 Å². The highest BCUT2D eigenvalue weighted by Crippen LogP contribution is 2.28. The maximum absolute atomic E-state index is 13.1. The first-order valence-electron chi connectivity index (χ1n) is 7.95. The molecule has 2 heterocycles. The zero-order valence-electron chi connectivity index (χ0n) is 13.0. The van der Waals surface area contributed by atoms with Crippen molar-refractivity contribution in [1.82, 2.24) is 14.7 Å². The van der Waals surface area contributed by atoms with Gasteiger partial charge in [0.1, 0.15) is 23.3 Å². The van der Waals surface area contributed by atoms with Crippen molar-refractivity contribution in [2.45, 2.75) is 31.5 Å². The zero-order valence-corrected chi connectivity index (χ0v) is 13.7. The number of nitrogens with zero attached hydrogens (tertiary/aromatic N) is 2. The van der Waals surface area contributed by atoms with Crippen molar-refractivity contribution in [3.8, 4) is 5.75 Å². The molecule has 24 heavy (non-hydrogen) atoms. The molecule has 0 unspecified atom stereocenters. The minimum absolute atomic E-state index is 0.0919. The summed E-state index contributed by atoms with van der Waals surface area (Å²) in [4.78, 5) is 4.38. The molecule has 0 amide bonds. The average molecular weight is 346 g/mol. The molecule has 0 saturated heterocycles. The summed E-state index contributed by atoms with van der Waals surface area (Å²) in [7, 11) is 0. The smallest absolute Gasteiger partial charge is 0.142 e.